The van der Waals surface area contributed by atoms with Gasteiger partial charge in [0.1, 0.15) is 5.70 Å². The molecule has 3 rings (SSSR count). The maximum absolute atomic E-state index is 12.7. The van der Waals surface area contributed by atoms with Crippen molar-refractivity contribution in [2.45, 2.75) is 13.5 Å². The van der Waals surface area contributed by atoms with Crippen molar-refractivity contribution in [2.75, 3.05) is 0 Å². The number of hydrogen-bond acceptors (Lipinski definition) is 4. The number of hydrogen-bond donors (Lipinski definition) is 2. The zero-order chi connectivity index (χ0) is 19.1. The van der Waals surface area contributed by atoms with E-state index in [2.05, 4.69) is 15.6 Å². The number of aromatic nitrogens is 1. The van der Waals surface area contributed by atoms with Crippen molar-refractivity contribution in [3.8, 4) is 0 Å². The molecule has 136 valence electrons. The summed E-state index contributed by atoms with van der Waals surface area (Å²) in [5.41, 5.74) is 2.47. The van der Waals surface area contributed by atoms with Crippen LogP contribution >= 0.6 is 11.3 Å². The quantitative estimate of drug-likeness (QED) is 0.646. The molecule has 3 aromatic rings. The summed E-state index contributed by atoms with van der Waals surface area (Å²) in [6.45, 7) is 2.19. The van der Waals surface area contributed by atoms with E-state index in [-0.39, 0.29) is 17.5 Å². The number of aryl methyl sites for hydroxylation is 1. The van der Waals surface area contributed by atoms with Crippen molar-refractivity contribution in [1.82, 2.24) is 15.6 Å². The summed E-state index contributed by atoms with van der Waals surface area (Å²) < 4.78 is 0. The Morgan fingerprint density at radius 3 is 2.67 bits per heavy atom. The molecule has 6 heteroatoms. The highest BCUT2D eigenvalue weighted by molar-refractivity contribution is 7.10. The van der Waals surface area contributed by atoms with Gasteiger partial charge >= 0.3 is 0 Å². The summed E-state index contributed by atoms with van der Waals surface area (Å²) in [5, 5.41) is 7.49. The largest absolute Gasteiger partial charge is 0.347 e. The van der Waals surface area contributed by atoms with Gasteiger partial charge in [0.15, 0.2) is 0 Å². The van der Waals surface area contributed by atoms with Crippen LogP contribution in [0.1, 0.15) is 26.4 Å². The van der Waals surface area contributed by atoms with Gasteiger partial charge in [0, 0.05) is 29.4 Å². The molecule has 2 N–H and O–H groups in total. The number of benzene rings is 1. The fourth-order valence-corrected chi connectivity index (χ4v) is 3.13. The highest BCUT2D eigenvalue weighted by Crippen LogP contribution is 2.14. The highest BCUT2D eigenvalue weighted by atomic mass is 32.1. The van der Waals surface area contributed by atoms with Crippen LogP contribution in [0, 0.1) is 6.92 Å². The lowest BCUT2D eigenvalue weighted by Gasteiger charge is -2.12. The van der Waals surface area contributed by atoms with E-state index in [4.69, 9.17) is 0 Å². The van der Waals surface area contributed by atoms with Crippen molar-refractivity contribution < 1.29 is 9.59 Å². The fraction of sp³-hybridized carbons (Fsp3) is 0.0952. The summed E-state index contributed by atoms with van der Waals surface area (Å²) in [6, 6.07) is 14.7. The van der Waals surface area contributed by atoms with E-state index in [9.17, 15) is 9.59 Å². The van der Waals surface area contributed by atoms with Crippen molar-refractivity contribution in [1.29, 1.82) is 0 Å². The molecule has 5 nitrogen and oxygen atoms in total. The summed E-state index contributed by atoms with van der Waals surface area (Å²) >= 11 is 1.49. The Balaban J connectivity index is 1.78. The second kappa shape index (κ2) is 8.91. The van der Waals surface area contributed by atoms with E-state index < -0.39 is 0 Å². The predicted octanol–water partition coefficient (Wildman–Crippen LogP) is 3.54. The number of carbonyl (C=O) groups is 2. The molecule has 0 unspecified atom stereocenters. The van der Waals surface area contributed by atoms with Gasteiger partial charge in [-0.2, -0.15) is 0 Å². The minimum absolute atomic E-state index is 0.203. The van der Waals surface area contributed by atoms with Gasteiger partial charge in [-0.05, 0) is 47.7 Å². The Bertz CT molecular complexity index is 951. The van der Waals surface area contributed by atoms with Crippen LogP contribution in [0.15, 0.2) is 72.0 Å². The maximum atomic E-state index is 12.7. The molecule has 0 bridgehead atoms. The molecule has 0 aliphatic rings. The monoisotopic (exact) mass is 377 g/mol. The molecular weight excluding hydrogens is 358 g/mol. The number of rotatable bonds is 6. The van der Waals surface area contributed by atoms with Gasteiger partial charge in [-0.3, -0.25) is 14.6 Å². The molecule has 0 aliphatic heterocycles. The van der Waals surface area contributed by atoms with E-state index in [0.29, 0.717) is 12.1 Å². The first kappa shape index (κ1) is 18.5. The number of carbonyl (C=O) groups excluding carboxylic acids is 2. The standard InChI is InChI=1S/C21H19N3O2S/c1-15-6-2-3-9-18(15)20(25)24-19(12-17-8-5-11-27-17)21(26)23-14-16-7-4-10-22-13-16/h2-13H,14H2,1H3,(H,23,26)(H,24,25)/b19-12-. The summed E-state index contributed by atoms with van der Waals surface area (Å²) in [6.07, 6.45) is 5.05. The van der Waals surface area contributed by atoms with Gasteiger partial charge in [0.05, 0.1) is 0 Å². The highest BCUT2D eigenvalue weighted by Gasteiger charge is 2.16. The van der Waals surface area contributed by atoms with Gasteiger partial charge < -0.3 is 10.6 Å². The Morgan fingerprint density at radius 1 is 1.11 bits per heavy atom. The van der Waals surface area contributed by atoms with Crippen LogP contribution in [-0.4, -0.2) is 16.8 Å². The van der Waals surface area contributed by atoms with Gasteiger partial charge in [-0.1, -0.05) is 30.3 Å². The van der Waals surface area contributed by atoms with Crippen LogP contribution in [0.2, 0.25) is 0 Å². The summed E-state index contributed by atoms with van der Waals surface area (Å²) in [4.78, 5) is 30.2. The van der Waals surface area contributed by atoms with Crippen LogP contribution in [0.5, 0.6) is 0 Å². The molecule has 0 radical (unpaired) electrons. The van der Waals surface area contributed by atoms with Crippen LogP contribution in [-0.2, 0) is 11.3 Å². The van der Waals surface area contributed by atoms with Crippen LogP contribution in [0.3, 0.4) is 0 Å². The average Bonchev–Trinajstić information content (AvgIpc) is 3.20. The Morgan fingerprint density at radius 2 is 1.96 bits per heavy atom. The third kappa shape index (κ3) is 5.12. The smallest absolute Gasteiger partial charge is 0.268 e. The van der Waals surface area contributed by atoms with E-state index in [1.807, 2.05) is 48.7 Å². The first-order valence-corrected chi connectivity index (χ1v) is 9.31. The predicted molar refractivity (Wildman–Crippen MR) is 107 cm³/mol. The van der Waals surface area contributed by atoms with Crippen molar-refractivity contribution in [3.05, 3.63) is 93.6 Å². The van der Waals surface area contributed by atoms with Gasteiger partial charge in [-0.15, -0.1) is 11.3 Å². The second-order valence-corrected chi connectivity index (χ2v) is 6.87. The fourth-order valence-electron chi connectivity index (χ4n) is 2.47. The van der Waals surface area contributed by atoms with Crippen molar-refractivity contribution in [2.24, 2.45) is 0 Å². The summed E-state index contributed by atoms with van der Waals surface area (Å²) in [5.74, 6) is -0.665. The van der Waals surface area contributed by atoms with Crippen molar-refractivity contribution >= 4 is 29.2 Å². The molecular formula is C21H19N3O2S. The van der Waals surface area contributed by atoms with E-state index in [1.165, 1.54) is 11.3 Å². The number of thiophene rings is 1. The first-order valence-electron chi connectivity index (χ1n) is 8.43. The SMILES string of the molecule is Cc1ccccc1C(=O)N/C(=C\c1cccs1)C(=O)NCc1cccnc1. The first-order chi connectivity index (χ1) is 13.1. The molecule has 0 saturated carbocycles. The number of nitrogens with one attached hydrogen (secondary N) is 2. The normalized spacial score (nSPS) is 11.1. The summed E-state index contributed by atoms with van der Waals surface area (Å²) in [7, 11) is 0. The minimum Gasteiger partial charge on any atom is -0.347 e. The third-order valence-electron chi connectivity index (χ3n) is 3.89. The maximum Gasteiger partial charge on any atom is 0.268 e. The van der Waals surface area contributed by atoms with Gasteiger partial charge in [0.2, 0.25) is 0 Å². The van der Waals surface area contributed by atoms with Crippen LogP contribution in [0.4, 0.5) is 0 Å². The van der Waals surface area contributed by atoms with Crippen LogP contribution in [0.25, 0.3) is 6.08 Å². The molecule has 0 fully saturated rings. The van der Waals surface area contributed by atoms with E-state index in [1.54, 1.807) is 30.6 Å². The lowest BCUT2D eigenvalue weighted by molar-refractivity contribution is -0.117. The van der Waals surface area contributed by atoms with Gasteiger partial charge in [-0.25, -0.2) is 0 Å². The molecule has 0 aliphatic carbocycles. The van der Waals surface area contributed by atoms with E-state index >= 15 is 0 Å². The Kier molecular flexibility index (Phi) is 6.12. The molecule has 27 heavy (non-hydrogen) atoms. The topological polar surface area (TPSA) is 71.1 Å². The van der Waals surface area contributed by atoms with Crippen molar-refractivity contribution in [3.63, 3.8) is 0 Å². The molecule has 2 amide bonds. The molecule has 2 heterocycles. The third-order valence-corrected chi connectivity index (χ3v) is 4.71. The Hall–Kier alpha value is -3.25. The van der Waals surface area contributed by atoms with Crippen LogP contribution < -0.4 is 10.6 Å². The lowest BCUT2D eigenvalue weighted by atomic mass is 10.1. The minimum atomic E-state index is -0.353. The Labute approximate surface area is 161 Å². The number of nitrogens with zero attached hydrogens (tertiary/aromatic N) is 1. The molecule has 0 saturated heterocycles. The average molecular weight is 377 g/mol. The zero-order valence-electron chi connectivity index (χ0n) is 14.8. The molecule has 2 aromatic heterocycles. The lowest BCUT2D eigenvalue weighted by Crippen LogP contribution is -2.34. The number of pyridine rings is 1. The molecule has 0 spiro atoms. The second-order valence-electron chi connectivity index (χ2n) is 5.89. The van der Waals surface area contributed by atoms with E-state index in [0.717, 1.165) is 16.0 Å². The number of amides is 2. The molecule has 0 atom stereocenters. The zero-order valence-corrected chi connectivity index (χ0v) is 15.6. The molecule has 1 aromatic carbocycles. The van der Waals surface area contributed by atoms with Gasteiger partial charge in [0.25, 0.3) is 11.8 Å².